The van der Waals surface area contributed by atoms with E-state index in [9.17, 15) is 0 Å². The molecule has 4 aromatic rings. The number of hydrogen-bond acceptors (Lipinski definition) is 6. The SMILES string of the molecule is C/C=S(/NCc1nc(C)c(-c2ccc3nc(NC4CCC(N(C)C)CC4)ncc3c2)cc1F)c1ccccc1Cl. The highest BCUT2D eigenvalue weighted by molar-refractivity contribution is 8.13. The third kappa shape index (κ3) is 6.52. The molecule has 1 unspecified atom stereocenters. The first-order valence-electron chi connectivity index (χ1n) is 13.7. The first-order valence-corrected chi connectivity index (χ1v) is 15.4. The third-order valence-electron chi connectivity index (χ3n) is 7.59. The Morgan fingerprint density at radius 1 is 1.07 bits per heavy atom. The van der Waals surface area contributed by atoms with Crippen molar-refractivity contribution in [1.29, 1.82) is 0 Å². The molecule has 210 valence electrons. The molecule has 9 heteroatoms. The molecule has 2 N–H and O–H groups in total. The topological polar surface area (TPSA) is 66.0 Å². The lowest BCUT2D eigenvalue weighted by Crippen LogP contribution is -2.36. The number of nitrogens with one attached hydrogen (secondary N) is 2. The van der Waals surface area contributed by atoms with Crippen LogP contribution >= 0.6 is 22.3 Å². The summed E-state index contributed by atoms with van der Waals surface area (Å²) < 4.78 is 18.6. The lowest BCUT2D eigenvalue weighted by molar-refractivity contribution is 0.221. The molecular weight excluding hydrogens is 543 g/mol. The number of rotatable bonds is 8. The van der Waals surface area contributed by atoms with Gasteiger partial charge >= 0.3 is 0 Å². The summed E-state index contributed by atoms with van der Waals surface area (Å²) in [5.74, 6) is 0.321. The number of aryl methyl sites for hydroxylation is 1. The van der Waals surface area contributed by atoms with Gasteiger partial charge in [0.05, 0.1) is 22.8 Å². The molecule has 1 atom stereocenters. The molecule has 0 saturated heterocycles. The second-order valence-corrected chi connectivity index (χ2v) is 12.7. The lowest BCUT2D eigenvalue weighted by Gasteiger charge is -2.32. The Morgan fingerprint density at radius 2 is 1.85 bits per heavy atom. The average molecular weight is 579 g/mol. The Hall–Kier alpha value is -2.91. The van der Waals surface area contributed by atoms with Gasteiger partial charge in [-0.2, -0.15) is 0 Å². The van der Waals surface area contributed by atoms with Gasteiger partial charge < -0.3 is 10.2 Å². The zero-order valence-electron chi connectivity index (χ0n) is 23.4. The number of pyridine rings is 1. The van der Waals surface area contributed by atoms with Gasteiger partial charge in [-0.3, -0.25) is 9.71 Å². The van der Waals surface area contributed by atoms with Gasteiger partial charge in [-0.05, 0) is 94.9 Å². The average Bonchev–Trinajstić information content (AvgIpc) is 2.95. The molecule has 0 radical (unpaired) electrons. The second-order valence-electron chi connectivity index (χ2n) is 10.5. The predicted octanol–water partition coefficient (Wildman–Crippen LogP) is 7.23. The minimum atomic E-state index is -0.422. The molecule has 1 aliphatic carbocycles. The Morgan fingerprint density at radius 3 is 2.58 bits per heavy atom. The van der Waals surface area contributed by atoms with Crippen LogP contribution in [0.4, 0.5) is 10.3 Å². The quantitative estimate of drug-likeness (QED) is 0.215. The molecule has 1 saturated carbocycles. The van der Waals surface area contributed by atoms with Crippen molar-refractivity contribution >= 4 is 44.5 Å². The fraction of sp³-hybridized carbons (Fsp3) is 0.355. The molecule has 1 aliphatic rings. The third-order valence-corrected chi connectivity index (χ3v) is 9.79. The van der Waals surface area contributed by atoms with Crippen molar-refractivity contribution < 1.29 is 4.39 Å². The molecule has 40 heavy (non-hydrogen) atoms. The van der Waals surface area contributed by atoms with Crippen molar-refractivity contribution in [3.8, 4) is 11.1 Å². The van der Waals surface area contributed by atoms with Crippen molar-refractivity contribution in [2.45, 2.75) is 63.1 Å². The number of hydrogen-bond donors (Lipinski definition) is 2. The van der Waals surface area contributed by atoms with Gasteiger partial charge in [0.1, 0.15) is 5.82 Å². The summed E-state index contributed by atoms with van der Waals surface area (Å²) in [4.78, 5) is 17.3. The van der Waals surface area contributed by atoms with Crippen LogP contribution in [0, 0.1) is 12.7 Å². The van der Waals surface area contributed by atoms with Gasteiger partial charge in [-0.25, -0.2) is 14.4 Å². The van der Waals surface area contributed by atoms with E-state index in [4.69, 9.17) is 16.6 Å². The van der Waals surface area contributed by atoms with Gasteiger partial charge in [0.2, 0.25) is 5.95 Å². The minimum Gasteiger partial charge on any atom is -0.351 e. The van der Waals surface area contributed by atoms with E-state index < -0.39 is 10.7 Å². The summed E-state index contributed by atoms with van der Waals surface area (Å²) in [6, 6.07) is 16.3. The molecule has 2 heterocycles. The van der Waals surface area contributed by atoms with Crippen molar-refractivity contribution in [3.63, 3.8) is 0 Å². The fourth-order valence-corrected chi connectivity index (χ4v) is 7.05. The first kappa shape index (κ1) is 28.6. The monoisotopic (exact) mass is 578 g/mol. The maximum absolute atomic E-state index is 15.2. The van der Waals surface area contributed by atoms with Crippen LogP contribution in [0.15, 0.2) is 59.6 Å². The summed E-state index contributed by atoms with van der Waals surface area (Å²) in [6.45, 7) is 4.18. The van der Waals surface area contributed by atoms with Crippen molar-refractivity contribution in [2.24, 2.45) is 0 Å². The van der Waals surface area contributed by atoms with Crippen LogP contribution in [-0.2, 0) is 6.54 Å². The van der Waals surface area contributed by atoms with Crippen LogP contribution in [-0.4, -0.2) is 51.4 Å². The molecular formula is C31H36ClFN6S. The highest BCUT2D eigenvalue weighted by atomic mass is 35.5. The maximum atomic E-state index is 15.2. The number of fused-ring (bicyclic) bond motifs is 1. The fourth-order valence-electron chi connectivity index (χ4n) is 5.29. The van der Waals surface area contributed by atoms with Gasteiger partial charge in [0.25, 0.3) is 0 Å². The minimum absolute atomic E-state index is 0.295. The van der Waals surface area contributed by atoms with E-state index in [-0.39, 0.29) is 5.82 Å². The molecule has 0 spiro atoms. The van der Waals surface area contributed by atoms with E-state index >= 15 is 4.39 Å². The van der Waals surface area contributed by atoms with Crippen LogP contribution < -0.4 is 10.0 Å². The standard InChI is InChI=1S/C31H36ClFN6S/c1-5-40(30-9-7-6-8-26(30)32)35-19-29-27(33)17-25(20(2)36-29)21-10-15-28-22(16-21)18-34-31(38-28)37-23-11-13-24(14-12-23)39(3)4/h5-10,15-18,23-24,35H,11-14,19H2,1-4H3,(H,34,37,38). The zero-order valence-corrected chi connectivity index (χ0v) is 25.0. The van der Waals surface area contributed by atoms with Crippen LogP contribution in [0.2, 0.25) is 5.02 Å². The molecule has 1 fully saturated rings. The number of nitrogens with zero attached hydrogens (tertiary/aromatic N) is 4. The van der Waals surface area contributed by atoms with Crippen LogP contribution in [0.1, 0.15) is 44.0 Å². The van der Waals surface area contributed by atoms with Crippen molar-refractivity contribution in [1.82, 2.24) is 24.6 Å². The van der Waals surface area contributed by atoms with Crippen molar-refractivity contribution in [2.75, 3.05) is 19.4 Å². The van der Waals surface area contributed by atoms with E-state index in [0.717, 1.165) is 45.5 Å². The molecule has 0 amide bonds. The van der Waals surface area contributed by atoms with E-state index in [0.29, 0.717) is 35.3 Å². The predicted molar refractivity (Wildman–Crippen MR) is 167 cm³/mol. The lowest BCUT2D eigenvalue weighted by atomic mass is 9.91. The zero-order chi connectivity index (χ0) is 28.2. The second kappa shape index (κ2) is 12.7. The highest BCUT2D eigenvalue weighted by Crippen LogP contribution is 2.31. The summed E-state index contributed by atoms with van der Waals surface area (Å²) in [6.07, 6.45) is 6.43. The van der Waals surface area contributed by atoms with Crippen LogP contribution in [0.3, 0.4) is 0 Å². The summed E-state index contributed by atoms with van der Waals surface area (Å²) in [5.41, 5.74) is 3.66. The van der Waals surface area contributed by atoms with E-state index in [1.54, 1.807) is 6.07 Å². The molecule has 5 rings (SSSR count). The van der Waals surface area contributed by atoms with E-state index in [2.05, 4.69) is 39.0 Å². The van der Waals surface area contributed by atoms with Crippen LogP contribution in [0.25, 0.3) is 22.0 Å². The van der Waals surface area contributed by atoms with Gasteiger partial charge in [-0.15, -0.1) is 0 Å². The molecule has 6 nitrogen and oxygen atoms in total. The number of anilines is 1. The number of halogens is 2. The Labute approximate surface area is 243 Å². The molecule has 0 bridgehead atoms. The first-order chi connectivity index (χ1) is 19.3. The summed E-state index contributed by atoms with van der Waals surface area (Å²) in [7, 11) is 3.89. The van der Waals surface area contributed by atoms with Gasteiger partial charge in [0, 0.05) is 39.8 Å². The Kier molecular flexibility index (Phi) is 9.10. The smallest absolute Gasteiger partial charge is 0.223 e. The Bertz CT molecular complexity index is 1530. The molecule has 0 aliphatic heterocycles. The van der Waals surface area contributed by atoms with Crippen molar-refractivity contribution in [3.05, 3.63) is 77.0 Å². The van der Waals surface area contributed by atoms with Gasteiger partial charge in [-0.1, -0.05) is 40.5 Å². The molecule has 2 aromatic carbocycles. The maximum Gasteiger partial charge on any atom is 0.223 e. The summed E-state index contributed by atoms with van der Waals surface area (Å²) in [5, 5.41) is 7.16. The van der Waals surface area contributed by atoms with E-state index in [1.807, 2.05) is 67.9 Å². The largest absolute Gasteiger partial charge is 0.351 e. The van der Waals surface area contributed by atoms with Gasteiger partial charge in [0.15, 0.2) is 0 Å². The highest BCUT2D eigenvalue weighted by Gasteiger charge is 2.23. The number of benzene rings is 2. The normalized spacial score (nSPS) is 18.4. The van der Waals surface area contributed by atoms with E-state index in [1.165, 1.54) is 12.8 Å². The number of aromatic nitrogens is 3. The Balaban J connectivity index is 1.29. The molecule has 2 aromatic heterocycles. The van der Waals surface area contributed by atoms with Crippen LogP contribution in [0.5, 0.6) is 0 Å². The summed E-state index contributed by atoms with van der Waals surface area (Å²) >= 11 is 6.38.